The van der Waals surface area contributed by atoms with Gasteiger partial charge in [0.1, 0.15) is 51.6 Å². The smallest absolute Gasteiger partial charge is 0.176 e. The van der Waals surface area contributed by atoms with E-state index in [1.807, 2.05) is 24.3 Å². The minimum Gasteiger partial charge on any atom is -0.508 e. The summed E-state index contributed by atoms with van der Waals surface area (Å²) in [5.74, 6) is -3.31. The molecule has 1 aliphatic heterocycles. The molecule has 0 saturated carbocycles. The van der Waals surface area contributed by atoms with Gasteiger partial charge < -0.3 is 50.3 Å². The molecule has 65 heavy (non-hydrogen) atoms. The summed E-state index contributed by atoms with van der Waals surface area (Å²) in [6, 6.07) is 34.4. The molecule has 0 radical (unpaired) electrons. The summed E-state index contributed by atoms with van der Waals surface area (Å²) in [4.78, 5) is 15.6. The number of aliphatic hydroxyl groups is 1. The number of carbonyl (C=O) groups excluding carboxylic acids is 1. The Morgan fingerprint density at radius 1 is 0.723 bits per heavy atom. The molecular weight excluding hydrogens is 825 g/mol. The van der Waals surface area contributed by atoms with Crippen molar-refractivity contribution in [1.29, 1.82) is 0 Å². The molecule has 336 valence electrons. The number of ketones is 1. The average molecular weight is 879 g/mol. The fraction of sp³-hybridized carbons (Fsp3) is 0.241. The van der Waals surface area contributed by atoms with Crippen molar-refractivity contribution in [2.75, 3.05) is 7.11 Å². The van der Waals surface area contributed by atoms with Gasteiger partial charge in [-0.15, -0.1) is 0 Å². The summed E-state index contributed by atoms with van der Waals surface area (Å²) in [5, 5.41) is 85.1. The van der Waals surface area contributed by atoms with Crippen molar-refractivity contribution in [1.82, 2.24) is 0 Å². The van der Waals surface area contributed by atoms with Crippen molar-refractivity contribution in [2.24, 2.45) is 11.8 Å². The number of aliphatic hydroxyl groups excluding tert-OH is 1. The Hall–Kier alpha value is -7.21. The summed E-state index contributed by atoms with van der Waals surface area (Å²) in [7, 11) is 1.35. The van der Waals surface area contributed by atoms with Crippen molar-refractivity contribution < 1.29 is 55.1 Å². The largest absolute Gasteiger partial charge is 0.508 e. The minimum absolute atomic E-state index is 0.00511. The lowest BCUT2D eigenvalue weighted by Crippen LogP contribution is -2.40. The van der Waals surface area contributed by atoms with Crippen LogP contribution in [0.15, 0.2) is 146 Å². The number of aromatic hydroxyl groups is 7. The predicted octanol–water partition coefficient (Wildman–Crippen LogP) is 10.00. The third kappa shape index (κ3) is 11.5. The molecule has 11 nitrogen and oxygen atoms in total. The Kier molecular flexibility index (Phi) is 14.8. The van der Waals surface area contributed by atoms with Crippen molar-refractivity contribution in [3.63, 3.8) is 0 Å². The van der Waals surface area contributed by atoms with Crippen LogP contribution in [0.4, 0.5) is 0 Å². The van der Waals surface area contributed by atoms with E-state index in [-0.39, 0.29) is 63.9 Å². The molecule has 0 amide bonds. The molecule has 8 N–H and O–H groups in total. The van der Waals surface area contributed by atoms with Crippen molar-refractivity contribution in [3.8, 4) is 46.0 Å². The van der Waals surface area contributed by atoms with Gasteiger partial charge in [-0.25, -0.2) is 0 Å². The highest BCUT2D eigenvalue weighted by Gasteiger charge is 2.45. The summed E-state index contributed by atoms with van der Waals surface area (Å²) in [5.41, 5.74) is 3.75. The second-order valence-electron chi connectivity index (χ2n) is 16.5. The molecule has 0 aliphatic carbocycles. The van der Waals surface area contributed by atoms with Crippen LogP contribution in [0.5, 0.6) is 46.0 Å². The number of aryl methyl sites for hydroxylation is 2. The van der Waals surface area contributed by atoms with Gasteiger partial charge in [0.15, 0.2) is 5.78 Å². The lowest BCUT2D eigenvalue weighted by molar-refractivity contribution is -0.0938. The molecule has 6 aromatic rings. The molecule has 0 spiro atoms. The number of ether oxygens (including phenoxy) is 2. The molecule has 0 aromatic heterocycles. The lowest BCUT2D eigenvalue weighted by atomic mass is 9.73. The van der Waals surface area contributed by atoms with Gasteiger partial charge in [-0.05, 0) is 133 Å². The Balaban J connectivity index is 1.28. The Bertz CT molecular complexity index is 2570. The van der Waals surface area contributed by atoms with Gasteiger partial charge in [0, 0.05) is 17.5 Å². The number of phenolic OH excluding ortho intramolecular Hbond substituents is 7. The maximum absolute atomic E-state index is 15.6. The van der Waals surface area contributed by atoms with Crippen LogP contribution in [0.3, 0.4) is 0 Å². The first-order chi connectivity index (χ1) is 31.4. The van der Waals surface area contributed by atoms with Gasteiger partial charge >= 0.3 is 0 Å². The van der Waals surface area contributed by atoms with Crippen molar-refractivity contribution >= 4 is 11.9 Å². The molecule has 6 atom stereocenters. The van der Waals surface area contributed by atoms with Crippen LogP contribution >= 0.6 is 0 Å². The second kappa shape index (κ2) is 21.0. The van der Waals surface area contributed by atoms with Gasteiger partial charge in [-0.3, -0.25) is 4.79 Å². The molecular formula is C54H54O11. The number of hydrogen-bond acceptors (Lipinski definition) is 11. The quantitative estimate of drug-likeness (QED) is 0.0321. The van der Waals surface area contributed by atoms with E-state index >= 15 is 4.79 Å². The summed E-state index contributed by atoms with van der Waals surface area (Å²) >= 11 is 0. The van der Waals surface area contributed by atoms with E-state index in [1.165, 1.54) is 37.4 Å². The van der Waals surface area contributed by atoms with E-state index in [4.69, 9.17) is 9.47 Å². The SMILES string of the molecule is COc1cc(O)c([C@H](/C=C/C[C@H](O)CCc2ccc(O)cc2)c2ccc(O)cc2)c(O)c1C(=O)[C@@H]1[C@@H](c2ccc(O)cc2)O[C@H](CCc2ccc(O)cc2)C[C@@H]1/C=C/c1ccc(O)cc1. The normalized spacial score (nSPS) is 18.4. The number of rotatable bonds is 17. The molecule has 1 fully saturated rings. The van der Waals surface area contributed by atoms with Gasteiger partial charge in [0.25, 0.3) is 0 Å². The number of hydrogen-bond donors (Lipinski definition) is 8. The first-order valence-electron chi connectivity index (χ1n) is 21.6. The lowest BCUT2D eigenvalue weighted by Gasteiger charge is -2.41. The fourth-order valence-corrected chi connectivity index (χ4v) is 8.56. The highest BCUT2D eigenvalue weighted by atomic mass is 16.5. The molecule has 1 aliphatic rings. The van der Waals surface area contributed by atoms with Crippen LogP contribution in [0.1, 0.15) is 81.4 Å². The van der Waals surface area contributed by atoms with Gasteiger partial charge in [0.2, 0.25) is 0 Å². The zero-order chi connectivity index (χ0) is 46.0. The van der Waals surface area contributed by atoms with E-state index in [0.29, 0.717) is 43.2 Å². The second-order valence-corrected chi connectivity index (χ2v) is 16.5. The van der Waals surface area contributed by atoms with Gasteiger partial charge in [-0.2, -0.15) is 0 Å². The molecule has 11 heteroatoms. The van der Waals surface area contributed by atoms with E-state index < -0.39 is 41.5 Å². The maximum atomic E-state index is 15.6. The molecule has 1 heterocycles. The number of benzene rings is 6. The number of allylic oxidation sites excluding steroid dienone is 2. The molecule has 6 aromatic carbocycles. The molecule has 0 bridgehead atoms. The zero-order valence-corrected chi connectivity index (χ0v) is 35.9. The summed E-state index contributed by atoms with van der Waals surface area (Å²) < 4.78 is 12.6. The van der Waals surface area contributed by atoms with E-state index in [0.717, 1.165) is 16.7 Å². The highest BCUT2D eigenvalue weighted by Crippen LogP contribution is 2.50. The zero-order valence-electron chi connectivity index (χ0n) is 35.9. The van der Waals surface area contributed by atoms with E-state index in [1.54, 1.807) is 97.1 Å². The highest BCUT2D eigenvalue weighted by molar-refractivity contribution is 6.04. The third-order valence-electron chi connectivity index (χ3n) is 12.1. The monoisotopic (exact) mass is 878 g/mol. The Morgan fingerprint density at radius 2 is 1.26 bits per heavy atom. The predicted molar refractivity (Wildman–Crippen MR) is 248 cm³/mol. The third-order valence-corrected chi connectivity index (χ3v) is 12.1. The van der Waals surface area contributed by atoms with Crippen LogP contribution in [-0.4, -0.2) is 66.0 Å². The average Bonchev–Trinajstić information content (AvgIpc) is 3.30. The summed E-state index contributed by atoms with van der Waals surface area (Å²) in [6.07, 6.45) is 8.17. The topological polar surface area (TPSA) is 197 Å². The fourth-order valence-electron chi connectivity index (χ4n) is 8.56. The maximum Gasteiger partial charge on any atom is 0.176 e. The molecule has 0 unspecified atom stereocenters. The Labute approximate surface area is 378 Å². The van der Waals surface area contributed by atoms with E-state index in [2.05, 4.69) is 0 Å². The standard InChI is InChI=1S/C54H54O11/c1-64-48-32-47(61)50(46(36-15-26-43(59)27-16-36)4-2-3-39(55)19-6-34-9-22-41(57)23-10-34)53(63)51(48)52(62)49-38(14-5-33-7-20-40(56)21-8-33)31-45(30-13-35-11-24-42(58)25-12-35)65-54(49)37-17-28-44(60)29-18-37/h2,4-5,7-12,14-18,20-29,32,38-39,45-46,49,54-61,63H,3,6,13,19,30-31H2,1H3/b4-2+,14-5+/t38-,39-,45+,46+,49+,54+/m0/s1. The van der Waals surface area contributed by atoms with Crippen LogP contribution in [0.25, 0.3) is 6.08 Å². The molecule has 1 saturated heterocycles. The van der Waals surface area contributed by atoms with E-state index in [9.17, 15) is 40.9 Å². The Morgan fingerprint density at radius 3 is 1.85 bits per heavy atom. The summed E-state index contributed by atoms with van der Waals surface area (Å²) in [6.45, 7) is 0. The molecule has 7 rings (SSSR count). The van der Waals surface area contributed by atoms with Gasteiger partial charge in [-0.1, -0.05) is 85.0 Å². The van der Waals surface area contributed by atoms with Gasteiger partial charge in [0.05, 0.1) is 31.3 Å². The van der Waals surface area contributed by atoms with Crippen molar-refractivity contribution in [2.45, 2.75) is 62.8 Å². The number of carbonyl (C=O) groups is 1. The number of Topliss-reactive ketones (excluding diaryl/α,β-unsaturated/α-hetero) is 1. The van der Waals surface area contributed by atoms with Crippen LogP contribution in [0, 0.1) is 11.8 Å². The van der Waals surface area contributed by atoms with Crippen LogP contribution < -0.4 is 4.74 Å². The minimum atomic E-state index is -0.971. The van der Waals surface area contributed by atoms with Crippen LogP contribution in [0.2, 0.25) is 0 Å². The number of methoxy groups -OCH3 is 1. The van der Waals surface area contributed by atoms with Crippen molar-refractivity contribution in [3.05, 3.63) is 185 Å². The first kappa shape index (κ1) is 45.8. The first-order valence-corrected chi connectivity index (χ1v) is 21.6. The number of phenols is 7. The van der Waals surface area contributed by atoms with Crippen LogP contribution in [-0.2, 0) is 17.6 Å².